The lowest BCUT2D eigenvalue weighted by Crippen LogP contribution is -2.64. The second kappa shape index (κ2) is 9.50. The molecule has 0 aromatic heterocycles. The van der Waals surface area contributed by atoms with Crippen molar-refractivity contribution in [2.45, 2.75) is 77.4 Å². The summed E-state index contributed by atoms with van der Waals surface area (Å²) in [4.78, 5) is 38.4. The van der Waals surface area contributed by atoms with Gasteiger partial charge >= 0.3 is 17.9 Å². The van der Waals surface area contributed by atoms with E-state index in [9.17, 15) is 24.6 Å². The van der Waals surface area contributed by atoms with Gasteiger partial charge in [-0.3, -0.25) is 9.69 Å². The third kappa shape index (κ3) is 5.16. The smallest absolute Gasteiger partial charge is 0.345 e. The summed E-state index contributed by atoms with van der Waals surface area (Å²) in [6.07, 6.45) is 2.54. The summed E-state index contributed by atoms with van der Waals surface area (Å²) in [5, 5.41) is 21.4. The Kier molecular flexibility index (Phi) is 7.67. The van der Waals surface area contributed by atoms with Gasteiger partial charge in [0.2, 0.25) is 5.60 Å². The van der Waals surface area contributed by atoms with Gasteiger partial charge in [0, 0.05) is 25.6 Å². The van der Waals surface area contributed by atoms with Gasteiger partial charge in [0.25, 0.3) is 0 Å². The van der Waals surface area contributed by atoms with Crippen LogP contribution in [0, 0.1) is 0 Å². The molecule has 31 heavy (non-hydrogen) atoms. The fourth-order valence-corrected chi connectivity index (χ4v) is 3.98. The Labute approximate surface area is 182 Å². The quantitative estimate of drug-likeness (QED) is 0.245. The van der Waals surface area contributed by atoms with E-state index in [1.807, 2.05) is 6.08 Å². The van der Waals surface area contributed by atoms with Crippen molar-refractivity contribution in [1.82, 2.24) is 4.90 Å². The highest BCUT2D eigenvalue weighted by Gasteiger charge is 2.56. The first-order valence-electron chi connectivity index (χ1n) is 10.4. The maximum absolute atomic E-state index is 12.8. The van der Waals surface area contributed by atoms with Gasteiger partial charge < -0.3 is 24.4 Å². The molecule has 2 N–H and O–H groups in total. The zero-order valence-electron chi connectivity index (χ0n) is 19.0. The first-order valence-corrected chi connectivity index (χ1v) is 10.4. The van der Waals surface area contributed by atoms with Crippen molar-refractivity contribution in [3.63, 3.8) is 0 Å². The van der Waals surface area contributed by atoms with Crippen LogP contribution in [0.15, 0.2) is 23.3 Å². The minimum atomic E-state index is -2.47. The topological polar surface area (TPSA) is 123 Å². The summed E-state index contributed by atoms with van der Waals surface area (Å²) in [5.41, 5.74) is -3.14. The van der Waals surface area contributed by atoms with Gasteiger partial charge in [-0.25, -0.2) is 9.59 Å². The monoisotopic (exact) mass is 439 g/mol. The molecule has 174 valence electrons. The molecule has 0 unspecified atom stereocenters. The first-order chi connectivity index (χ1) is 14.3. The number of aliphatic hydroxyl groups is 2. The molecule has 0 aromatic rings. The molecule has 0 amide bonds. The highest BCUT2D eigenvalue weighted by atomic mass is 16.6. The van der Waals surface area contributed by atoms with Crippen LogP contribution in [0.1, 0.15) is 48.0 Å². The van der Waals surface area contributed by atoms with Gasteiger partial charge in [0.15, 0.2) is 0 Å². The number of hydrogen-bond acceptors (Lipinski definition) is 9. The number of allylic oxidation sites excluding steroid dienone is 1. The van der Waals surface area contributed by atoms with E-state index in [4.69, 9.17) is 14.2 Å². The molecule has 2 aliphatic heterocycles. The van der Waals surface area contributed by atoms with Crippen LogP contribution in [0.3, 0.4) is 0 Å². The standard InChI is InChI=1S/C22H33NO8/c1-7-13(2)19(25)31-17-9-11-23-10-8-16(18(17)23)12-29-20(26)22(28,21(5,6)27)14(3)30-15(4)24/h7-8,14,17-18,27-28H,9-12H2,1-6H3/b13-7-/t14-,17+,18+,22-/m0/s1. The van der Waals surface area contributed by atoms with E-state index in [0.717, 1.165) is 19.0 Å². The molecule has 0 spiro atoms. The van der Waals surface area contributed by atoms with E-state index in [2.05, 4.69) is 4.90 Å². The lowest BCUT2D eigenvalue weighted by Gasteiger charge is -2.39. The van der Waals surface area contributed by atoms with Crippen molar-refractivity contribution < 1.29 is 38.8 Å². The highest BCUT2D eigenvalue weighted by molar-refractivity contribution is 5.87. The summed E-state index contributed by atoms with van der Waals surface area (Å²) in [6, 6.07) is -0.220. The molecule has 0 aliphatic carbocycles. The molecule has 2 heterocycles. The Bertz CT molecular complexity index is 781. The second-order valence-electron chi connectivity index (χ2n) is 8.58. The number of nitrogens with zero attached hydrogens (tertiary/aromatic N) is 1. The van der Waals surface area contributed by atoms with Crippen LogP contribution in [0.5, 0.6) is 0 Å². The largest absolute Gasteiger partial charge is 0.459 e. The van der Waals surface area contributed by atoms with Crippen LogP contribution in [-0.2, 0) is 28.6 Å². The fourth-order valence-electron chi connectivity index (χ4n) is 3.98. The van der Waals surface area contributed by atoms with Crippen LogP contribution in [0.25, 0.3) is 0 Å². The molecule has 0 saturated carbocycles. The van der Waals surface area contributed by atoms with Gasteiger partial charge in [0.05, 0.1) is 6.04 Å². The number of ether oxygens (including phenoxy) is 3. The maximum Gasteiger partial charge on any atom is 0.345 e. The van der Waals surface area contributed by atoms with Crippen molar-refractivity contribution in [2.75, 3.05) is 19.7 Å². The Balaban J connectivity index is 2.10. The number of fused-ring (bicyclic) bond motifs is 1. The Morgan fingerprint density at radius 3 is 2.48 bits per heavy atom. The van der Waals surface area contributed by atoms with E-state index in [1.165, 1.54) is 20.8 Å². The third-order valence-electron chi connectivity index (χ3n) is 5.97. The normalized spacial score (nSPS) is 24.6. The van der Waals surface area contributed by atoms with E-state index >= 15 is 0 Å². The van der Waals surface area contributed by atoms with Gasteiger partial charge in [-0.1, -0.05) is 12.2 Å². The van der Waals surface area contributed by atoms with Crippen LogP contribution in [-0.4, -0.2) is 82.2 Å². The summed E-state index contributed by atoms with van der Waals surface area (Å²) in [6.45, 7) is 9.59. The van der Waals surface area contributed by atoms with Crippen LogP contribution >= 0.6 is 0 Å². The number of esters is 3. The van der Waals surface area contributed by atoms with Crippen molar-refractivity contribution in [1.29, 1.82) is 0 Å². The lowest BCUT2D eigenvalue weighted by molar-refractivity contribution is -0.219. The maximum atomic E-state index is 12.8. The van der Waals surface area contributed by atoms with E-state index in [0.29, 0.717) is 18.5 Å². The van der Waals surface area contributed by atoms with Crippen LogP contribution in [0.4, 0.5) is 0 Å². The predicted octanol–water partition coefficient (Wildman–Crippen LogP) is 0.876. The molecule has 0 bridgehead atoms. The van der Waals surface area contributed by atoms with Gasteiger partial charge in [-0.15, -0.1) is 0 Å². The molecule has 4 atom stereocenters. The lowest BCUT2D eigenvalue weighted by atomic mass is 9.81. The summed E-state index contributed by atoms with van der Waals surface area (Å²) >= 11 is 0. The highest BCUT2D eigenvalue weighted by Crippen LogP contribution is 2.33. The SMILES string of the molecule is C/C=C(/C)C(=O)O[C@@H]1CCN2CC=C(COC(=O)[C@@](O)([C@H](C)OC(C)=O)C(C)(C)O)[C@H]12. The molecular weight excluding hydrogens is 406 g/mol. The van der Waals surface area contributed by atoms with Crippen molar-refractivity contribution in [3.8, 4) is 0 Å². The molecule has 1 saturated heterocycles. The zero-order valence-corrected chi connectivity index (χ0v) is 19.0. The minimum Gasteiger partial charge on any atom is -0.459 e. The van der Waals surface area contributed by atoms with Crippen LogP contribution in [0.2, 0.25) is 0 Å². The number of carbonyl (C=O) groups excluding carboxylic acids is 3. The molecule has 0 aromatic carbocycles. The summed E-state index contributed by atoms with van der Waals surface area (Å²) in [7, 11) is 0. The predicted molar refractivity (Wildman–Crippen MR) is 111 cm³/mol. The summed E-state index contributed by atoms with van der Waals surface area (Å²) in [5.74, 6) is -2.20. The third-order valence-corrected chi connectivity index (χ3v) is 5.97. The molecule has 1 fully saturated rings. The fraction of sp³-hybridized carbons (Fsp3) is 0.682. The minimum absolute atomic E-state index is 0.151. The number of hydrogen-bond donors (Lipinski definition) is 2. The Morgan fingerprint density at radius 2 is 1.94 bits per heavy atom. The zero-order chi connectivity index (χ0) is 23.6. The van der Waals surface area contributed by atoms with Crippen molar-refractivity contribution in [2.24, 2.45) is 0 Å². The molecular formula is C22H33NO8. The average molecular weight is 440 g/mol. The second-order valence-corrected chi connectivity index (χ2v) is 8.58. The molecule has 0 radical (unpaired) electrons. The van der Waals surface area contributed by atoms with Gasteiger partial charge in [0.1, 0.15) is 24.4 Å². The average Bonchev–Trinajstić information content (AvgIpc) is 3.26. The van der Waals surface area contributed by atoms with Gasteiger partial charge in [-0.2, -0.15) is 0 Å². The Morgan fingerprint density at radius 1 is 1.29 bits per heavy atom. The van der Waals surface area contributed by atoms with Crippen molar-refractivity contribution >= 4 is 17.9 Å². The van der Waals surface area contributed by atoms with Crippen molar-refractivity contribution in [3.05, 3.63) is 23.3 Å². The summed E-state index contributed by atoms with van der Waals surface area (Å²) < 4.78 is 16.0. The molecule has 2 rings (SSSR count). The van der Waals surface area contributed by atoms with Crippen LogP contribution < -0.4 is 0 Å². The van der Waals surface area contributed by atoms with E-state index < -0.39 is 29.2 Å². The Hall–Kier alpha value is -2.23. The molecule has 9 nitrogen and oxygen atoms in total. The number of carbonyl (C=O) groups is 3. The molecule has 9 heteroatoms. The first kappa shape index (κ1) is 25.0. The van der Waals surface area contributed by atoms with E-state index in [-0.39, 0.29) is 24.7 Å². The van der Waals surface area contributed by atoms with E-state index in [1.54, 1.807) is 19.9 Å². The number of rotatable bonds is 8. The molecule has 2 aliphatic rings. The van der Waals surface area contributed by atoms with Gasteiger partial charge in [-0.05, 0) is 46.6 Å².